The minimum atomic E-state index is -0.0709. The Morgan fingerprint density at radius 3 is 2.62 bits per heavy atom. The van der Waals surface area contributed by atoms with Crippen LogP contribution in [0.4, 0.5) is 17.6 Å². The summed E-state index contributed by atoms with van der Waals surface area (Å²) in [6.07, 6.45) is 4.21. The van der Waals surface area contributed by atoms with Crippen LogP contribution >= 0.6 is 11.6 Å². The highest BCUT2D eigenvalue weighted by molar-refractivity contribution is 6.33. The number of anilines is 3. The molecule has 2 fully saturated rings. The highest BCUT2D eigenvalue weighted by Gasteiger charge is 2.30. The first-order valence-corrected chi connectivity index (χ1v) is 14.0. The van der Waals surface area contributed by atoms with Gasteiger partial charge in [0.05, 0.1) is 23.4 Å². The van der Waals surface area contributed by atoms with Crippen molar-refractivity contribution in [3.8, 4) is 11.3 Å². The van der Waals surface area contributed by atoms with Crippen molar-refractivity contribution in [1.29, 1.82) is 0 Å². The number of ketones is 1. The average molecular weight is 551 g/mol. The van der Waals surface area contributed by atoms with Crippen molar-refractivity contribution >= 4 is 35.0 Å². The molecule has 206 valence electrons. The van der Waals surface area contributed by atoms with E-state index >= 15 is 0 Å². The molecular weight excluding hydrogens is 516 g/mol. The third-order valence-electron chi connectivity index (χ3n) is 7.54. The van der Waals surface area contributed by atoms with E-state index in [1.807, 2.05) is 24.3 Å². The van der Waals surface area contributed by atoms with Crippen LogP contribution in [0.2, 0.25) is 5.02 Å². The Bertz CT molecular complexity index is 1290. The lowest BCUT2D eigenvalue weighted by Crippen LogP contribution is -2.53. The summed E-state index contributed by atoms with van der Waals surface area (Å²) in [4.78, 5) is 33.3. The van der Waals surface area contributed by atoms with Crippen LogP contribution in [0.15, 0.2) is 48.7 Å². The fourth-order valence-corrected chi connectivity index (χ4v) is 5.72. The first kappa shape index (κ1) is 27.3. The molecule has 2 atom stereocenters. The highest BCUT2D eigenvalue weighted by atomic mass is 35.5. The molecule has 0 bridgehead atoms. The van der Waals surface area contributed by atoms with Crippen molar-refractivity contribution in [2.45, 2.75) is 44.7 Å². The number of pyridine rings is 1. The van der Waals surface area contributed by atoms with Crippen LogP contribution in [-0.2, 0) is 0 Å². The second kappa shape index (κ2) is 12.3. The number of aromatic nitrogens is 3. The summed E-state index contributed by atoms with van der Waals surface area (Å²) in [5.74, 6) is 2.11. The molecule has 9 nitrogen and oxygen atoms in total. The summed E-state index contributed by atoms with van der Waals surface area (Å²) in [6.45, 7) is 5.14. The molecule has 0 saturated carbocycles. The number of carbonyl (C=O) groups excluding carboxylic acids is 1. The number of hydrogen-bond acceptors (Lipinski definition) is 9. The van der Waals surface area contributed by atoms with Crippen LogP contribution in [0.5, 0.6) is 0 Å². The quantitative estimate of drug-likeness (QED) is 0.384. The van der Waals surface area contributed by atoms with Gasteiger partial charge in [0.25, 0.3) is 0 Å². The number of Topliss-reactive ketones (excluding diaryl/α,β-unsaturated/α-hetero) is 1. The molecule has 5 rings (SSSR count). The summed E-state index contributed by atoms with van der Waals surface area (Å²) in [7, 11) is 0. The van der Waals surface area contributed by atoms with E-state index in [4.69, 9.17) is 26.7 Å². The monoisotopic (exact) mass is 550 g/mol. The summed E-state index contributed by atoms with van der Waals surface area (Å²) in [5, 5.41) is 19.4. The minimum Gasteiger partial charge on any atom is -0.396 e. The van der Waals surface area contributed by atoms with Crippen molar-refractivity contribution in [2.75, 3.05) is 54.1 Å². The number of aliphatic hydroxyl groups is 2. The zero-order chi connectivity index (χ0) is 27.4. The van der Waals surface area contributed by atoms with E-state index in [2.05, 4.69) is 38.7 Å². The van der Waals surface area contributed by atoms with Crippen molar-refractivity contribution < 1.29 is 15.0 Å². The van der Waals surface area contributed by atoms with E-state index < -0.39 is 0 Å². The van der Waals surface area contributed by atoms with Crippen molar-refractivity contribution in [3.05, 3.63) is 59.2 Å². The molecule has 2 aromatic heterocycles. The van der Waals surface area contributed by atoms with Gasteiger partial charge in [-0.2, -0.15) is 4.98 Å². The number of hydrogen-bond donors (Lipinski definition) is 2. The van der Waals surface area contributed by atoms with Crippen LogP contribution in [0.3, 0.4) is 0 Å². The second-order valence-corrected chi connectivity index (χ2v) is 10.6. The van der Waals surface area contributed by atoms with E-state index in [-0.39, 0.29) is 37.5 Å². The van der Waals surface area contributed by atoms with E-state index in [1.165, 1.54) is 0 Å². The Morgan fingerprint density at radius 2 is 1.90 bits per heavy atom. The first-order valence-electron chi connectivity index (χ1n) is 13.6. The molecule has 0 aliphatic carbocycles. The Labute approximate surface area is 234 Å². The first-order chi connectivity index (χ1) is 19.0. The number of aliphatic hydroxyl groups excluding tert-OH is 2. The molecule has 2 aliphatic rings. The predicted molar refractivity (Wildman–Crippen MR) is 154 cm³/mol. The Morgan fingerprint density at radius 1 is 1.08 bits per heavy atom. The van der Waals surface area contributed by atoms with Gasteiger partial charge in [0.15, 0.2) is 5.78 Å². The SMILES string of the molecule is C[C@@H]1CN(c2ncc(C(=O)CCCO)cc2Cl)CCN1c1cc(-c2ccccc2)nc(N2CCC[C@H]2CO)n1. The van der Waals surface area contributed by atoms with E-state index in [1.54, 1.807) is 12.3 Å². The molecule has 0 spiro atoms. The molecule has 2 aliphatic heterocycles. The Balaban J connectivity index is 1.38. The molecule has 2 N–H and O–H groups in total. The van der Waals surface area contributed by atoms with Crippen molar-refractivity contribution in [2.24, 2.45) is 0 Å². The summed E-state index contributed by atoms with van der Waals surface area (Å²) in [5.41, 5.74) is 2.35. The molecule has 10 heteroatoms. The fourth-order valence-electron chi connectivity index (χ4n) is 5.43. The normalized spacial score (nSPS) is 19.5. The van der Waals surface area contributed by atoms with Gasteiger partial charge in [-0.25, -0.2) is 9.97 Å². The lowest BCUT2D eigenvalue weighted by Gasteiger charge is -2.41. The van der Waals surface area contributed by atoms with Crippen LogP contribution in [0, 0.1) is 0 Å². The molecule has 1 aromatic carbocycles. The summed E-state index contributed by atoms with van der Waals surface area (Å²) >= 11 is 6.59. The van der Waals surface area contributed by atoms with E-state index in [0.717, 1.165) is 36.5 Å². The number of halogens is 1. The van der Waals surface area contributed by atoms with Crippen LogP contribution < -0.4 is 14.7 Å². The molecular formula is C29H35ClN6O3. The van der Waals surface area contributed by atoms with Crippen LogP contribution in [0.25, 0.3) is 11.3 Å². The van der Waals surface area contributed by atoms with Gasteiger partial charge in [-0.3, -0.25) is 4.79 Å². The van der Waals surface area contributed by atoms with Gasteiger partial charge in [-0.1, -0.05) is 41.9 Å². The van der Waals surface area contributed by atoms with Gasteiger partial charge in [0.2, 0.25) is 5.95 Å². The molecule has 4 heterocycles. The second-order valence-electron chi connectivity index (χ2n) is 10.2. The summed E-state index contributed by atoms with van der Waals surface area (Å²) in [6, 6.07) is 14.0. The van der Waals surface area contributed by atoms with Gasteiger partial charge < -0.3 is 24.9 Å². The van der Waals surface area contributed by atoms with Crippen molar-refractivity contribution in [3.63, 3.8) is 0 Å². The van der Waals surface area contributed by atoms with Crippen molar-refractivity contribution in [1.82, 2.24) is 15.0 Å². The van der Waals surface area contributed by atoms with E-state index in [9.17, 15) is 9.90 Å². The lowest BCUT2D eigenvalue weighted by atomic mass is 10.1. The van der Waals surface area contributed by atoms with Gasteiger partial charge in [-0.05, 0) is 32.3 Å². The zero-order valence-corrected chi connectivity index (χ0v) is 23.0. The molecule has 0 radical (unpaired) electrons. The Hall–Kier alpha value is -3.27. The number of benzene rings is 1. The van der Waals surface area contributed by atoms with Gasteiger partial charge in [-0.15, -0.1) is 0 Å². The van der Waals surface area contributed by atoms with Gasteiger partial charge in [0.1, 0.15) is 11.6 Å². The lowest BCUT2D eigenvalue weighted by molar-refractivity contribution is 0.0971. The molecule has 0 amide bonds. The molecule has 0 unspecified atom stereocenters. The smallest absolute Gasteiger partial charge is 0.228 e. The number of nitrogens with zero attached hydrogens (tertiary/aromatic N) is 6. The predicted octanol–water partition coefficient (Wildman–Crippen LogP) is 3.82. The maximum atomic E-state index is 12.3. The highest BCUT2D eigenvalue weighted by Crippen LogP contribution is 2.32. The maximum absolute atomic E-state index is 12.3. The Kier molecular flexibility index (Phi) is 8.60. The van der Waals surface area contributed by atoms with Gasteiger partial charge in [0, 0.05) is 68.6 Å². The third-order valence-corrected chi connectivity index (χ3v) is 7.82. The fraction of sp³-hybridized carbons (Fsp3) is 0.448. The van der Waals surface area contributed by atoms with Crippen LogP contribution in [-0.4, -0.2) is 82.4 Å². The number of piperazine rings is 1. The summed E-state index contributed by atoms with van der Waals surface area (Å²) < 4.78 is 0. The maximum Gasteiger partial charge on any atom is 0.228 e. The third kappa shape index (κ3) is 6.00. The number of carbonyl (C=O) groups is 1. The zero-order valence-electron chi connectivity index (χ0n) is 22.2. The standard InChI is InChI=1S/C29H35ClN6O3/c1-20-18-34(28-24(30)15-22(17-31-28)26(39)10-6-14-37)12-13-35(20)27-16-25(21-7-3-2-4-8-21)32-29(33-27)36-11-5-9-23(36)19-38/h2-4,7-8,15-17,20,23,37-38H,5-6,9-14,18-19H2,1H3/t20-,23+/m1/s1. The van der Waals surface area contributed by atoms with Gasteiger partial charge >= 0.3 is 0 Å². The molecule has 3 aromatic rings. The average Bonchev–Trinajstić information content (AvgIpc) is 3.45. The minimum absolute atomic E-state index is 0.0200. The largest absolute Gasteiger partial charge is 0.396 e. The van der Waals surface area contributed by atoms with Crippen LogP contribution in [0.1, 0.15) is 43.0 Å². The molecule has 2 saturated heterocycles. The topological polar surface area (TPSA) is 106 Å². The molecule has 39 heavy (non-hydrogen) atoms. The van der Waals surface area contributed by atoms with E-state index in [0.29, 0.717) is 48.4 Å². The number of rotatable bonds is 9.